The molecular formula is C26H27N3O4. The molecule has 5 rings (SSSR count). The lowest BCUT2D eigenvalue weighted by Crippen LogP contribution is -2.37. The summed E-state index contributed by atoms with van der Waals surface area (Å²) in [5, 5.41) is 0.543. The molecule has 33 heavy (non-hydrogen) atoms. The first-order chi connectivity index (χ1) is 15.9. The van der Waals surface area contributed by atoms with Gasteiger partial charge in [0.15, 0.2) is 0 Å². The van der Waals surface area contributed by atoms with Gasteiger partial charge < -0.3 is 14.0 Å². The Morgan fingerprint density at radius 1 is 1.06 bits per heavy atom. The number of rotatable bonds is 4. The summed E-state index contributed by atoms with van der Waals surface area (Å²) in [4.78, 5) is 26.3. The fraction of sp³-hybridized carbons (Fsp3) is 0.308. The largest absolute Gasteiger partial charge is 0.494 e. The van der Waals surface area contributed by atoms with Crippen molar-refractivity contribution in [3.05, 3.63) is 86.2 Å². The van der Waals surface area contributed by atoms with Gasteiger partial charge in [-0.15, -0.1) is 0 Å². The van der Waals surface area contributed by atoms with Crippen molar-refractivity contribution in [1.29, 1.82) is 0 Å². The molecular weight excluding hydrogens is 418 g/mol. The average Bonchev–Trinajstić information content (AvgIpc) is 3.18. The Kier molecular flexibility index (Phi) is 5.21. The molecule has 0 aliphatic carbocycles. The Balaban J connectivity index is 1.85. The summed E-state index contributed by atoms with van der Waals surface area (Å²) in [6.07, 6.45) is -0.409. The maximum atomic E-state index is 13.4. The minimum atomic E-state index is -0.409. The quantitative estimate of drug-likeness (QED) is 0.482. The molecule has 4 aromatic rings. The highest BCUT2D eigenvalue weighted by atomic mass is 16.5. The zero-order valence-electron chi connectivity index (χ0n) is 19.3. The molecule has 1 aliphatic heterocycles. The van der Waals surface area contributed by atoms with E-state index in [1.54, 1.807) is 11.6 Å². The van der Waals surface area contributed by atoms with Gasteiger partial charge in [-0.3, -0.25) is 13.9 Å². The third-order valence-electron chi connectivity index (χ3n) is 6.34. The second kappa shape index (κ2) is 8.08. The van der Waals surface area contributed by atoms with Gasteiger partial charge in [0.05, 0.1) is 35.5 Å². The highest BCUT2D eigenvalue weighted by Crippen LogP contribution is 2.40. The molecule has 0 saturated carbocycles. The van der Waals surface area contributed by atoms with Crippen molar-refractivity contribution in [1.82, 2.24) is 13.7 Å². The lowest BCUT2D eigenvalue weighted by atomic mass is 10.0. The van der Waals surface area contributed by atoms with E-state index in [0.29, 0.717) is 30.7 Å². The third kappa shape index (κ3) is 3.31. The second-order valence-corrected chi connectivity index (χ2v) is 8.44. The highest BCUT2D eigenvalue weighted by Gasteiger charge is 2.33. The molecule has 0 amide bonds. The molecule has 7 heteroatoms. The maximum Gasteiger partial charge on any atom is 0.331 e. The SMILES string of the molecule is CCOc1ccc([C@@H]2OCCn3c(-c4cccc(C)c4)c4c(=O)n(C)c(=O)n(C)c4c32)cc1. The van der Waals surface area contributed by atoms with E-state index in [4.69, 9.17) is 9.47 Å². The Hall–Kier alpha value is -3.58. The number of ether oxygens (including phenoxy) is 2. The smallest absolute Gasteiger partial charge is 0.331 e. The van der Waals surface area contributed by atoms with Crippen LogP contribution in [0.5, 0.6) is 5.75 Å². The van der Waals surface area contributed by atoms with Crippen molar-refractivity contribution >= 4 is 10.9 Å². The fourth-order valence-electron chi connectivity index (χ4n) is 4.83. The van der Waals surface area contributed by atoms with Gasteiger partial charge in [-0.25, -0.2) is 4.79 Å². The lowest BCUT2D eigenvalue weighted by Gasteiger charge is -2.28. The predicted molar refractivity (Wildman–Crippen MR) is 128 cm³/mol. The van der Waals surface area contributed by atoms with Crippen LogP contribution < -0.4 is 16.0 Å². The van der Waals surface area contributed by atoms with E-state index in [9.17, 15) is 9.59 Å². The molecule has 170 valence electrons. The molecule has 0 bridgehead atoms. The van der Waals surface area contributed by atoms with Gasteiger partial charge in [0.2, 0.25) is 0 Å². The Morgan fingerprint density at radius 2 is 1.82 bits per heavy atom. The summed E-state index contributed by atoms with van der Waals surface area (Å²) in [5.74, 6) is 0.791. The van der Waals surface area contributed by atoms with Crippen LogP contribution in [-0.4, -0.2) is 26.9 Å². The van der Waals surface area contributed by atoms with Gasteiger partial charge in [0.1, 0.15) is 11.9 Å². The van der Waals surface area contributed by atoms with Gasteiger partial charge in [0, 0.05) is 20.6 Å². The van der Waals surface area contributed by atoms with Crippen LogP contribution in [0.3, 0.4) is 0 Å². The van der Waals surface area contributed by atoms with Gasteiger partial charge in [0.25, 0.3) is 5.56 Å². The topological polar surface area (TPSA) is 67.4 Å². The van der Waals surface area contributed by atoms with Crippen molar-refractivity contribution < 1.29 is 9.47 Å². The Labute approximate surface area is 191 Å². The standard InChI is InChI=1S/C26H27N3O4/c1-5-32-19-11-9-17(10-12-19)24-23-22-20(25(30)28(4)26(31)27(22)3)21(29(23)13-14-33-24)18-8-6-7-16(2)15-18/h6-12,15,24H,5,13-14H2,1-4H3/t24-/m0/s1. The molecule has 0 saturated heterocycles. The van der Waals surface area contributed by atoms with Crippen molar-refractivity contribution in [3.63, 3.8) is 0 Å². The third-order valence-corrected chi connectivity index (χ3v) is 6.34. The molecule has 0 fully saturated rings. The number of fused-ring (bicyclic) bond motifs is 3. The van der Waals surface area contributed by atoms with Crippen LogP contribution in [0.4, 0.5) is 0 Å². The number of aryl methyl sites for hydroxylation is 2. The molecule has 1 atom stereocenters. The van der Waals surface area contributed by atoms with Crippen LogP contribution >= 0.6 is 0 Å². The molecule has 3 heterocycles. The fourth-order valence-corrected chi connectivity index (χ4v) is 4.83. The van der Waals surface area contributed by atoms with Crippen molar-refractivity contribution in [2.24, 2.45) is 14.1 Å². The van der Waals surface area contributed by atoms with Crippen LogP contribution in [-0.2, 0) is 25.4 Å². The van der Waals surface area contributed by atoms with Crippen LogP contribution in [0.15, 0.2) is 58.1 Å². The zero-order valence-corrected chi connectivity index (χ0v) is 19.3. The summed E-state index contributed by atoms with van der Waals surface area (Å²) in [7, 11) is 3.25. The summed E-state index contributed by atoms with van der Waals surface area (Å²) >= 11 is 0. The van der Waals surface area contributed by atoms with E-state index < -0.39 is 6.10 Å². The minimum Gasteiger partial charge on any atom is -0.494 e. The lowest BCUT2D eigenvalue weighted by molar-refractivity contribution is 0.0478. The summed E-state index contributed by atoms with van der Waals surface area (Å²) in [6, 6.07) is 15.9. The average molecular weight is 446 g/mol. The van der Waals surface area contributed by atoms with E-state index in [2.05, 4.69) is 10.6 Å². The monoisotopic (exact) mass is 445 g/mol. The molecule has 1 aliphatic rings. The highest BCUT2D eigenvalue weighted by molar-refractivity contribution is 5.96. The number of aromatic nitrogens is 3. The zero-order chi connectivity index (χ0) is 23.3. The first-order valence-electron chi connectivity index (χ1n) is 11.2. The van der Waals surface area contributed by atoms with Gasteiger partial charge >= 0.3 is 5.69 Å². The minimum absolute atomic E-state index is 0.294. The van der Waals surface area contributed by atoms with E-state index in [1.165, 1.54) is 11.6 Å². The first-order valence-corrected chi connectivity index (χ1v) is 11.2. The molecule has 0 radical (unpaired) electrons. The summed E-state index contributed by atoms with van der Waals surface area (Å²) < 4.78 is 16.7. The van der Waals surface area contributed by atoms with Crippen molar-refractivity contribution in [3.8, 4) is 17.0 Å². The van der Waals surface area contributed by atoms with E-state index in [-0.39, 0.29) is 11.2 Å². The van der Waals surface area contributed by atoms with Crippen LogP contribution in [0.2, 0.25) is 0 Å². The van der Waals surface area contributed by atoms with E-state index in [0.717, 1.165) is 33.8 Å². The van der Waals surface area contributed by atoms with Crippen LogP contribution in [0.25, 0.3) is 22.2 Å². The maximum absolute atomic E-state index is 13.4. The molecule has 2 aromatic heterocycles. The van der Waals surface area contributed by atoms with E-state index >= 15 is 0 Å². The van der Waals surface area contributed by atoms with Crippen molar-refractivity contribution in [2.75, 3.05) is 13.2 Å². The Bertz CT molecular complexity index is 1470. The first kappa shape index (κ1) is 21.3. The van der Waals surface area contributed by atoms with Gasteiger partial charge in [-0.2, -0.15) is 0 Å². The number of benzene rings is 2. The Morgan fingerprint density at radius 3 is 2.52 bits per heavy atom. The van der Waals surface area contributed by atoms with E-state index in [1.807, 2.05) is 56.3 Å². The number of nitrogens with zero attached hydrogens (tertiary/aromatic N) is 3. The van der Waals surface area contributed by atoms with Gasteiger partial charge in [-0.1, -0.05) is 35.9 Å². The van der Waals surface area contributed by atoms with Crippen molar-refractivity contribution in [2.45, 2.75) is 26.5 Å². The molecule has 0 unspecified atom stereocenters. The normalized spacial score (nSPS) is 15.6. The molecule has 2 aromatic carbocycles. The van der Waals surface area contributed by atoms with Crippen LogP contribution in [0, 0.1) is 6.92 Å². The van der Waals surface area contributed by atoms with Gasteiger partial charge in [-0.05, 0) is 43.2 Å². The molecule has 7 nitrogen and oxygen atoms in total. The molecule has 0 spiro atoms. The van der Waals surface area contributed by atoms with Crippen LogP contribution in [0.1, 0.15) is 29.8 Å². The second-order valence-electron chi connectivity index (χ2n) is 8.44. The predicted octanol–water partition coefficient (Wildman–Crippen LogP) is 3.53. The number of hydrogen-bond donors (Lipinski definition) is 0. The molecule has 0 N–H and O–H groups in total. The number of hydrogen-bond acceptors (Lipinski definition) is 4. The summed E-state index contributed by atoms with van der Waals surface area (Å²) in [5.41, 5.74) is 4.64. The summed E-state index contributed by atoms with van der Waals surface area (Å²) in [6.45, 7) is 5.67.